The van der Waals surface area contributed by atoms with Gasteiger partial charge >= 0.3 is 0 Å². The van der Waals surface area contributed by atoms with Gasteiger partial charge in [0.1, 0.15) is 5.82 Å². The minimum atomic E-state index is -0.288. The predicted molar refractivity (Wildman–Crippen MR) is 83.7 cm³/mol. The molecule has 3 heterocycles. The normalized spacial score (nSPS) is 10.8. The van der Waals surface area contributed by atoms with Gasteiger partial charge in [0.25, 0.3) is 0 Å². The van der Waals surface area contributed by atoms with Crippen molar-refractivity contribution < 1.29 is 4.39 Å². The van der Waals surface area contributed by atoms with E-state index in [1.165, 1.54) is 12.1 Å². The summed E-state index contributed by atoms with van der Waals surface area (Å²) in [5, 5.41) is 11.4. The molecule has 112 valence electrons. The van der Waals surface area contributed by atoms with E-state index in [4.69, 9.17) is 0 Å². The first kappa shape index (κ1) is 13.3. The molecule has 1 N–H and O–H groups in total. The van der Waals surface area contributed by atoms with Crippen LogP contribution in [0.25, 0.3) is 16.8 Å². The van der Waals surface area contributed by atoms with Crippen molar-refractivity contribution in [3.8, 4) is 11.3 Å². The number of fused-ring (bicyclic) bond motifs is 1. The molecule has 0 bridgehead atoms. The van der Waals surface area contributed by atoms with E-state index in [0.29, 0.717) is 11.6 Å². The number of benzene rings is 1. The van der Waals surface area contributed by atoms with Gasteiger partial charge in [-0.15, -0.1) is 0 Å². The van der Waals surface area contributed by atoms with Crippen LogP contribution in [0.4, 0.5) is 16.0 Å². The molecule has 0 saturated heterocycles. The summed E-state index contributed by atoms with van der Waals surface area (Å²) >= 11 is 0. The molecule has 0 aliphatic rings. The molecule has 0 aliphatic heterocycles. The second kappa shape index (κ2) is 5.45. The molecule has 6 nitrogen and oxygen atoms in total. The average molecular weight is 306 g/mol. The summed E-state index contributed by atoms with van der Waals surface area (Å²) in [4.78, 5) is 8.67. The molecule has 0 fully saturated rings. The van der Waals surface area contributed by atoms with E-state index in [1.54, 1.807) is 41.4 Å². The summed E-state index contributed by atoms with van der Waals surface area (Å²) in [5.41, 5.74) is 3.17. The highest BCUT2D eigenvalue weighted by atomic mass is 19.1. The second-order valence-corrected chi connectivity index (χ2v) is 4.85. The van der Waals surface area contributed by atoms with Gasteiger partial charge in [-0.2, -0.15) is 14.8 Å². The van der Waals surface area contributed by atoms with E-state index in [1.807, 2.05) is 12.1 Å². The minimum Gasteiger partial charge on any atom is -0.324 e. The van der Waals surface area contributed by atoms with Crippen LogP contribution in [0.3, 0.4) is 0 Å². The minimum absolute atomic E-state index is 0.288. The summed E-state index contributed by atoms with van der Waals surface area (Å²) in [5.74, 6) is 0.140. The molecule has 3 aromatic heterocycles. The number of halogens is 1. The van der Waals surface area contributed by atoms with Gasteiger partial charge in [0.15, 0.2) is 0 Å². The highest BCUT2D eigenvalue weighted by Gasteiger charge is 2.09. The van der Waals surface area contributed by atoms with Crippen molar-refractivity contribution >= 4 is 17.2 Å². The number of anilines is 2. The van der Waals surface area contributed by atoms with Crippen molar-refractivity contribution in [2.45, 2.75) is 0 Å². The Morgan fingerprint density at radius 1 is 0.957 bits per heavy atom. The number of hydrogen-bond donors (Lipinski definition) is 1. The number of aromatic nitrogens is 5. The molecule has 0 spiro atoms. The number of nitrogens with zero attached hydrogens (tertiary/aromatic N) is 5. The topological polar surface area (TPSA) is 68.0 Å². The van der Waals surface area contributed by atoms with Gasteiger partial charge in [-0.25, -0.2) is 14.4 Å². The van der Waals surface area contributed by atoms with Crippen LogP contribution in [0.15, 0.2) is 61.1 Å². The third-order valence-electron chi connectivity index (χ3n) is 3.34. The lowest BCUT2D eigenvalue weighted by Gasteiger charge is -2.06. The van der Waals surface area contributed by atoms with Gasteiger partial charge in [-0.1, -0.05) is 0 Å². The molecule has 23 heavy (non-hydrogen) atoms. The zero-order valence-electron chi connectivity index (χ0n) is 11.9. The maximum Gasteiger partial charge on any atom is 0.227 e. The third kappa shape index (κ3) is 2.59. The first-order valence-electron chi connectivity index (χ1n) is 6.95. The Balaban J connectivity index is 1.70. The zero-order chi connectivity index (χ0) is 15.6. The van der Waals surface area contributed by atoms with Crippen LogP contribution >= 0.6 is 0 Å². The quantitative estimate of drug-likeness (QED) is 0.630. The van der Waals surface area contributed by atoms with E-state index >= 15 is 0 Å². The van der Waals surface area contributed by atoms with Crippen LogP contribution in [0.1, 0.15) is 0 Å². The molecule has 7 heteroatoms. The van der Waals surface area contributed by atoms with E-state index in [9.17, 15) is 4.39 Å². The summed E-state index contributed by atoms with van der Waals surface area (Å²) in [7, 11) is 0. The monoisotopic (exact) mass is 306 g/mol. The molecule has 1 aromatic carbocycles. The van der Waals surface area contributed by atoms with Gasteiger partial charge in [0.05, 0.1) is 17.4 Å². The fraction of sp³-hybridized carbons (Fsp3) is 0. The summed E-state index contributed by atoms with van der Waals surface area (Å²) < 4.78 is 14.5. The van der Waals surface area contributed by atoms with Crippen LogP contribution < -0.4 is 5.32 Å². The number of nitrogens with one attached hydrogen (secondary N) is 1. The molecule has 4 rings (SSSR count). The Morgan fingerprint density at radius 3 is 2.70 bits per heavy atom. The third-order valence-corrected chi connectivity index (χ3v) is 3.34. The standard InChI is InChI=1S/C16H11FN6/c17-11-3-5-12(6-4-11)21-16-18-9-7-14(22-16)13-10-20-23-15(13)2-1-8-19-23/h1-10H,(H,18,21,22). The Kier molecular flexibility index (Phi) is 3.16. The Hall–Kier alpha value is -3.35. The van der Waals surface area contributed by atoms with Crippen molar-refractivity contribution in [3.05, 3.63) is 66.9 Å². The summed E-state index contributed by atoms with van der Waals surface area (Å²) in [6.07, 6.45) is 5.05. The van der Waals surface area contributed by atoms with Gasteiger partial charge in [-0.05, 0) is 42.5 Å². The van der Waals surface area contributed by atoms with E-state index in [2.05, 4.69) is 25.5 Å². The molecule has 0 unspecified atom stereocenters. The summed E-state index contributed by atoms with van der Waals surface area (Å²) in [6.45, 7) is 0. The van der Waals surface area contributed by atoms with Crippen LogP contribution in [0.5, 0.6) is 0 Å². The fourth-order valence-corrected chi connectivity index (χ4v) is 2.26. The van der Waals surface area contributed by atoms with Crippen molar-refractivity contribution in [3.63, 3.8) is 0 Å². The van der Waals surface area contributed by atoms with E-state index in [0.717, 1.165) is 16.8 Å². The predicted octanol–water partition coefficient (Wildman–Crippen LogP) is 3.07. The molecule has 4 aromatic rings. The van der Waals surface area contributed by atoms with Gasteiger partial charge in [-0.3, -0.25) is 0 Å². The highest BCUT2D eigenvalue weighted by molar-refractivity contribution is 5.77. The van der Waals surface area contributed by atoms with Crippen molar-refractivity contribution in [2.75, 3.05) is 5.32 Å². The smallest absolute Gasteiger partial charge is 0.227 e. The molecule has 0 saturated carbocycles. The molecular weight excluding hydrogens is 295 g/mol. The van der Waals surface area contributed by atoms with Gasteiger partial charge < -0.3 is 5.32 Å². The van der Waals surface area contributed by atoms with Crippen molar-refractivity contribution in [1.29, 1.82) is 0 Å². The lowest BCUT2D eigenvalue weighted by Crippen LogP contribution is -1.98. The first-order chi connectivity index (χ1) is 11.3. The Bertz CT molecular complexity index is 964. The lowest BCUT2D eigenvalue weighted by atomic mass is 10.2. The first-order valence-corrected chi connectivity index (χ1v) is 6.95. The van der Waals surface area contributed by atoms with Crippen molar-refractivity contribution in [2.24, 2.45) is 0 Å². The molecule has 0 amide bonds. The van der Waals surface area contributed by atoms with Crippen molar-refractivity contribution in [1.82, 2.24) is 24.8 Å². The molecule has 0 atom stereocenters. The average Bonchev–Trinajstić information content (AvgIpc) is 3.01. The Labute approximate surface area is 130 Å². The maximum absolute atomic E-state index is 12.9. The fourth-order valence-electron chi connectivity index (χ4n) is 2.26. The SMILES string of the molecule is Fc1ccc(Nc2nccc(-c3cnn4ncccc34)n2)cc1. The Morgan fingerprint density at radius 2 is 1.83 bits per heavy atom. The largest absolute Gasteiger partial charge is 0.324 e. The second-order valence-electron chi connectivity index (χ2n) is 4.85. The van der Waals surface area contributed by atoms with Crippen LogP contribution in [-0.4, -0.2) is 24.8 Å². The van der Waals surface area contributed by atoms with Crippen LogP contribution in [0.2, 0.25) is 0 Å². The molecule has 0 radical (unpaired) electrons. The van der Waals surface area contributed by atoms with E-state index < -0.39 is 0 Å². The molecule has 0 aliphatic carbocycles. The van der Waals surface area contributed by atoms with Crippen LogP contribution in [-0.2, 0) is 0 Å². The molecular formula is C16H11FN6. The number of rotatable bonds is 3. The zero-order valence-corrected chi connectivity index (χ0v) is 11.9. The van der Waals surface area contributed by atoms with E-state index in [-0.39, 0.29) is 5.82 Å². The maximum atomic E-state index is 12.9. The van der Waals surface area contributed by atoms with Gasteiger partial charge in [0.2, 0.25) is 5.95 Å². The summed E-state index contributed by atoms with van der Waals surface area (Å²) in [6, 6.07) is 11.6. The lowest BCUT2D eigenvalue weighted by molar-refractivity contribution is 0.628. The number of hydrogen-bond acceptors (Lipinski definition) is 5. The highest BCUT2D eigenvalue weighted by Crippen LogP contribution is 2.23. The van der Waals surface area contributed by atoms with Crippen LogP contribution in [0, 0.1) is 5.82 Å². The van der Waals surface area contributed by atoms with Gasteiger partial charge in [0, 0.05) is 23.6 Å².